The van der Waals surface area contributed by atoms with Gasteiger partial charge in [0, 0.05) is 45.2 Å². The van der Waals surface area contributed by atoms with Gasteiger partial charge in [-0.15, -0.1) is 10.2 Å². The number of thioether (sulfide) groups is 1. The highest BCUT2D eigenvalue weighted by molar-refractivity contribution is 7.98. The van der Waals surface area contributed by atoms with Crippen molar-refractivity contribution in [1.29, 1.82) is 0 Å². The zero-order chi connectivity index (χ0) is 19.3. The molecule has 27 heavy (non-hydrogen) atoms. The van der Waals surface area contributed by atoms with Crippen LogP contribution in [-0.2, 0) is 13.0 Å². The van der Waals surface area contributed by atoms with Crippen molar-refractivity contribution in [1.82, 2.24) is 30.3 Å². The molecule has 0 amide bonds. The zero-order valence-corrected chi connectivity index (χ0v) is 18.1. The summed E-state index contributed by atoms with van der Waals surface area (Å²) in [4.78, 5) is 7.37. The first-order valence-electron chi connectivity index (χ1n) is 10.4. The number of guanidine groups is 1. The molecule has 7 nitrogen and oxygen atoms in total. The van der Waals surface area contributed by atoms with Crippen LogP contribution in [0, 0.1) is 0 Å². The quantitative estimate of drug-likeness (QED) is 0.339. The number of likely N-dealkylation sites (tertiary alicyclic amines) is 1. The van der Waals surface area contributed by atoms with E-state index in [2.05, 4.69) is 50.4 Å². The molecule has 1 aromatic rings. The minimum Gasteiger partial charge on any atom is -0.355 e. The van der Waals surface area contributed by atoms with E-state index in [1.54, 1.807) is 0 Å². The van der Waals surface area contributed by atoms with Crippen molar-refractivity contribution in [3.63, 3.8) is 0 Å². The highest BCUT2D eigenvalue weighted by atomic mass is 32.2. The molecule has 1 fully saturated rings. The molecule has 1 aliphatic heterocycles. The van der Waals surface area contributed by atoms with Crippen LogP contribution in [0.15, 0.2) is 11.3 Å². The second-order valence-electron chi connectivity index (χ2n) is 7.06. The van der Waals surface area contributed by atoms with Crippen LogP contribution in [0.3, 0.4) is 0 Å². The van der Waals surface area contributed by atoms with E-state index < -0.39 is 0 Å². The summed E-state index contributed by atoms with van der Waals surface area (Å²) in [6.07, 6.45) is 9.61. The maximum atomic E-state index is 4.80. The van der Waals surface area contributed by atoms with Crippen LogP contribution in [0.2, 0.25) is 0 Å². The third kappa shape index (κ3) is 8.09. The average Bonchev–Trinajstić information content (AvgIpc) is 3.14. The Hall–Kier alpha value is -1.28. The van der Waals surface area contributed by atoms with E-state index in [1.165, 1.54) is 38.9 Å². The summed E-state index contributed by atoms with van der Waals surface area (Å²) in [6.45, 7) is 10.5. The maximum absolute atomic E-state index is 4.80. The van der Waals surface area contributed by atoms with Gasteiger partial charge in [0.05, 0.1) is 0 Å². The molecule has 0 atom stereocenters. The Balaban J connectivity index is 1.81. The highest BCUT2D eigenvalue weighted by Crippen LogP contribution is 2.10. The fraction of sp³-hybridized carbons (Fsp3) is 0.842. The summed E-state index contributed by atoms with van der Waals surface area (Å²) < 4.78 is 2.11. The Morgan fingerprint density at radius 3 is 2.81 bits per heavy atom. The first-order valence-corrected chi connectivity index (χ1v) is 11.8. The van der Waals surface area contributed by atoms with E-state index in [4.69, 9.17) is 4.99 Å². The molecular weight excluding hydrogens is 358 g/mol. The van der Waals surface area contributed by atoms with Crippen molar-refractivity contribution in [3.8, 4) is 0 Å². The van der Waals surface area contributed by atoms with E-state index >= 15 is 0 Å². The molecule has 0 saturated carbocycles. The van der Waals surface area contributed by atoms with Gasteiger partial charge in [-0.3, -0.25) is 4.99 Å². The number of nitrogens with zero attached hydrogens (tertiary/aromatic N) is 5. The Kier molecular flexibility index (Phi) is 10.6. The summed E-state index contributed by atoms with van der Waals surface area (Å²) in [5.41, 5.74) is 0. The van der Waals surface area contributed by atoms with Gasteiger partial charge < -0.3 is 20.1 Å². The number of piperidine rings is 1. The molecule has 0 radical (unpaired) electrons. The molecule has 1 aliphatic rings. The SMILES string of the molecule is CCCN1CCC(NC(=NCCCSC)NCCn2cnnc2CC)CC1. The molecule has 0 aliphatic carbocycles. The summed E-state index contributed by atoms with van der Waals surface area (Å²) in [5, 5.41) is 15.3. The van der Waals surface area contributed by atoms with E-state index in [0.29, 0.717) is 6.04 Å². The lowest BCUT2D eigenvalue weighted by Gasteiger charge is -2.32. The zero-order valence-electron chi connectivity index (χ0n) is 17.3. The molecule has 0 spiro atoms. The largest absolute Gasteiger partial charge is 0.355 e. The third-order valence-electron chi connectivity index (χ3n) is 4.90. The minimum atomic E-state index is 0.519. The molecule has 1 saturated heterocycles. The lowest BCUT2D eigenvalue weighted by atomic mass is 10.1. The number of aryl methyl sites for hydroxylation is 1. The van der Waals surface area contributed by atoms with Gasteiger partial charge in [-0.1, -0.05) is 13.8 Å². The Labute approximate surface area is 168 Å². The maximum Gasteiger partial charge on any atom is 0.191 e. The van der Waals surface area contributed by atoms with Gasteiger partial charge >= 0.3 is 0 Å². The Morgan fingerprint density at radius 1 is 1.30 bits per heavy atom. The van der Waals surface area contributed by atoms with Gasteiger partial charge in [-0.05, 0) is 44.2 Å². The van der Waals surface area contributed by atoms with Crippen LogP contribution in [0.1, 0.15) is 45.4 Å². The van der Waals surface area contributed by atoms with Crippen LogP contribution < -0.4 is 10.6 Å². The second kappa shape index (κ2) is 13.0. The number of hydrogen-bond acceptors (Lipinski definition) is 5. The molecule has 154 valence electrons. The smallest absolute Gasteiger partial charge is 0.191 e. The fourth-order valence-corrected chi connectivity index (χ4v) is 3.81. The molecule has 2 heterocycles. The molecule has 8 heteroatoms. The topological polar surface area (TPSA) is 70.4 Å². The Bertz CT molecular complexity index is 538. The van der Waals surface area contributed by atoms with Crippen LogP contribution in [0.4, 0.5) is 0 Å². The highest BCUT2D eigenvalue weighted by Gasteiger charge is 2.19. The second-order valence-corrected chi connectivity index (χ2v) is 8.04. The van der Waals surface area contributed by atoms with Crippen molar-refractivity contribution in [2.45, 2.75) is 58.5 Å². The van der Waals surface area contributed by atoms with Gasteiger partial charge in [0.2, 0.25) is 0 Å². The predicted octanol–water partition coefficient (Wildman–Crippen LogP) is 2.00. The molecule has 0 aromatic carbocycles. The van der Waals surface area contributed by atoms with Crippen molar-refractivity contribution in [3.05, 3.63) is 12.2 Å². The van der Waals surface area contributed by atoms with Crippen molar-refractivity contribution in [2.75, 3.05) is 44.7 Å². The van der Waals surface area contributed by atoms with Crippen LogP contribution >= 0.6 is 11.8 Å². The summed E-state index contributed by atoms with van der Waals surface area (Å²) in [6, 6.07) is 0.519. The van der Waals surface area contributed by atoms with Crippen LogP contribution in [0.25, 0.3) is 0 Å². The molecule has 1 aromatic heterocycles. The van der Waals surface area contributed by atoms with E-state index in [0.717, 1.165) is 50.0 Å². The summed E-state index contributed by atoms with van der Waals surface area (Å²) in [5.74, 6) is 3.15. The fourth-order valence-electron chi connectivity index (χ4n) is 3.40. The van der Waals surface area contributed by atoms with Crippen molar-refractivity contribution in [2.24, 2.45) is 4.99 Å². The molecule has 0 bridgehead atoms. The predicted molar refractivity (Wildman–Crippen MR) is 116 cm³/mol. The summed E-state index contributed by atoms with van der Waals surface area (Å²) >= 11 is 1.88. The van der Waals surface area contributed by atoms with E-state index in [9.17, 15) is 0 Å². The normalized spacial score (nSPS) is 16.6. The minimum absolute atomic E-state index is 0.519. The van der Waals surface area contributed by atoms with Crippen LogP contribution in [0.5, 0.6) is 0 Å². The summed E-state index contributed by atoms with van der Waals surface area (Å²) in [7, 11) is 0. The number of aromatic nitrogens is 3. The molecule has 0 unspecified atom stereocenters. The number of rotatable bonds is 11. The first-order chi connectivity index (χ1) is 13.3. The third-order valence-corrected chi connectivity index (χ3v) is 5.60. The number of hydrogen-bond donors (Lipinski definition) is 2. The molecule has 2 N–H and O–H groups in total. The number of aliphatic imine (C=N–C) groups is 1. The monoisotopic (exact) mass is 395 g/mol. The van der Waals surface area contributed by atoms with Gasteiger partial charge in [-0.2, -0.15) is 11.8 Å². The van der Waals surface area contributed by atoms with Gasteiger partial charge in [-0.25, -0.2) is 0 Å². The lowest BCUT2D eigenvalue weighted by molar-refractivity contribution is 0.206. The average molecular weight is 396 g/mol. The van der Waals surface area contributed by atoms with Gasteiger partial charge in [0.15, 0.2) is 5.96 Å². The standard InChI is InChI=1S/C19H37N7S/c1-4-11-25-12-7-17(8-13-25)23-19(20-9-6-15-27-3)21-10-14-26-16-22-24-18(26)5-2/h16-17H,4-15H2,1-3H3,(H2,20,21,23). The van der Waals surface area contributed by atoms with E-state index in [-0.39, 0.29) is 0 Å². The lowest BCUT2D eigenvalue weighted by Crippen LogP contribution is -2.49. The number of nitrogens with one attached hydrogen (secondary N) is 2. The van der Waals surface area contributed by atoms with E-state index in [1.807, 2.05) is 18.1 Å². The van der Waals surface area contributed by atoms with Gasteiger partial charge in [0.25, 0.3) is 0 Å². The van der Waals surface area contributed by atoms with Crippen molar-refractivity contribution < 1.29 is 0 Å². The van der Waals surface area contributed by atoms with Crippen molar-refractivity contribution >= 4 is 17.7 Å². The van der Waals surface area contributed by atoms with Crippen LogP contribution in [-0.4, -0.2) is 76.4 Å². The van der Waals surface area contributed by atoms with Gasteiger partial charge in [0.1, 0.15) is 12.2 Å². The molecular formula is C19H37N7S. The first kappa shape index (κ1) is 22.0. The Morgan fingerprint density at radius 2 is 2.11 bits per heavy atom. The molecule has 2 rings (SSSR count).